The molecule has 0 atom stereocenters. The fraction of sp³-hybridized carbons (Fsp3) is 0.390. The van der Waals surface area contributed by atoms with Crippen LogP contribution in [0.25, 0.3) is 28.8 Å². The predicted octanol–water partition coefficient (Wildman–Crippen LogP) is 7.82. The third kappa shape index (κ3) is 10.1. The Hall–Kier alpha value is -5.45. The number of fused-ring (bicyclic) bond motifs is 2. The molecule has 1 aliphatic rings. The van der Waals surface area contributed by atoms with Crippen LogP contribution in [0.15, 0.2) is 67.1 Å². The van der Waals surface area contributed by atoms with Gasteiger partial charge in [-0.05, 0) is 94.8 Å². The lowest BCUT2D eigenvalue weighted by Crippen LogP contribution is -2.40. The number of carbonyl (C=O) groups excluding carboxylic acids is 3. The molecule has 1 aromatic carbocycles. The number of carbonyl (C=O) groups is 3. The van der Waals surface area contributed by atoms with Crippen LogP contribution in [0.3, 0.4) is 0 Å². The van der Waals surface area contributed by atoms with E-state index in [0.717, 1.165) is 47.7 Å². The summed E-state index contributed by atoms with van der Waals surface area (Å²) in [4.78, 5) is 48.8. The first-order chi connectivity index (χ1) is 25.1. The second-order valence-electron chi connectivity index (χ2n) is 13.6. The summed E-state index contributed by atoms with van der Waals surface area (Å²) >= 11 is 0. The number of pyridine rings is 2. The topological polar surface area (TPSA) is 125 Å². The molecule has 1 N–H and O–H groups in total. The van der Waals surface area contributed by atoms with E-state index in [9.17, 15) is 14.4 Å². The monoisotopic (exact) mass is 707 g/mol. The molecule has 0 unspecified atom stereocenters. The maximum atomic E-state index is 13.0. The van der Waals surface area contributed by atoms with E-state index in [2.05, 4.69) is 17.2 Å². The van der Waals surface area contributed by atoms with E-state index < -0.39 is 17.7 Å². The number of amides is 2. The number of aryl methyl sites for hydroxylation is 1. The van der Waals surface area contributed by atoms with E-state index in [4.69, 9.17) is 19.2 Å². The molecule has 5 rings (SSSR count). The maximum absolute atomic E-state index is 13.0. The van der Waals surface area contributed by atoms with E-state index in [0.29, 0.717) is 61.1 Å². The zero-order valence-electron chi connectivity index (χ0n) is 30.8. The highest BCUT2D eigenvalue weighted by atomic mass is 16.6. The fourth-order valence-electron chi connectivity index (χ4n) is 5.90. The van der Waals surface area contributed by atoms with E-state index in [1.807, 2.05) is 86.2 Å². The van der Waals surface area contributed by atoms with Gasteiger partial charge in [0.2, 0.25) is 5.91 Å². The Morgan fingerprint density at radius 1 is 1.02 bits per heavy atom. The Balaban J connectivity index is 1.38. The zero-order valence-corrected chi connectivity index (χ0v) is 30.8. The van der Waals surface area contributed by atoms with E-state index in [1.54, 1.807) is 24.2 Å². The van der Waals surface area contributed by atoms with Crippen LogP contribution in [0.4, 0.5) is 10.6 Å². The van der Waals surface area contributed by atoms with Gasteiger partial charge in [0.05, 0.1) is 36.3 Å². The normalized spacial score (nSPS) is 13.2. The maximum Gasteiger partial charge on any atom is 0.416 e. The highest BCUT2D eigenvalue weighted by Crippen LogP contribution is 2.31. The van der Waals surface area contributed by atoms with Crippen molar-refractivity contribution in [2.75, 3.05) is 31.2 Å². The molecule has 1 aliphatic heterocycles. The Labute approximate surface area is 305 Å². The molecule has 4 aromatic rings. The average Bonchev–Trinajstić information content (AvgIpc) is 3.55. The standard InChI is InChI=1S/C41H49N5O6/c1-6-8-21-43-37(47)15-11-24-51-33-25-31(27-42-28-33)36(26-38(48)50-7-2)45-23-20-34-29(12-9-14-35(34)45)16-18-32-19-17-30-13-10-22-46(39(30)44-32)40(49)52-41(3,4)5/h9,12,14,16-20,23,25-28H,6-8,10-11,13,15,21-22,24H2,1-5H3,(H,43,47)/b18-16+,36-26?. The molecule has 0 saturated carbocycles. The minimum absolute atomic E-state index is 0.0149. The first-order valence-corrected chi connectivity index (χ1v) is 18.1. The summed E-state index contributed by atoms with van der Waals surface area (Å²) in [7, 11) is 0. The SMILES string of the molecule is CCCCNC(=O)CCCOc1cncc(C(=CC(=O)OCC)n2ccc3c(/C=C/c4ccc5c(n4)N(C(=O)OC(C)(C)C)CCC5)cccc32)c1. The van der Waals surface area contributed by atoms with Crippen LogP contribution in [0, 0.1) is 0 Å². The number of benzene rings is 1. The number of hydrogen-bond acceptors (Lipinski definition) is 8. The van der Waals surface area contributed by atoms with Gasteiger partial charge in [0.25, 0.3) is 0 Å². The average molecular weight is 708 g/mol. The van der Waals surface area contributed by atoms with Crippen LogP contribution in [0.1, 0.15) is 89.1 Å². The summed E-state index contributed by atoms with van der Waals surface area (Å²) in [5.74, 6) is 0.700. The largest absolute Gasteiger partial charge is 0.492 e. The number of anilines is 1. The van der Waals surface area contributed by atoms with Gasteiger partial charge in [-0.1, -0.05) is 37.6 Å². The molecule has 52 heavy (non-hydrogen) atoms. The Morgan fingerprint density at radius 3 is 2.65 bits per heavy atom. The smallest absolute Gasteiger partial charge is 0.416 e. The number of ether oxygens (including phenoxy) is 3. The number of nitrogens with zero attached hydrogens (tertiary/aromatic N) is 4. The minimum Gasteiger partial charge on any atom is -0.492 e. The molecule has 2 amide bonds. The first-order valence-electron chi connectivity index (χ1n) is 18.1. The molecular formula is C41H49N5O6. The van der Waals surface area contributed by atoms with Crippen LogP contribution in [0.2, 0.25) is 0 Å². The van der Waals surface area contributed by atoms with Crippen molar-refractivity contribution < 1.29 is 28.6 Å². The number of esters is 1. The first kappa shape index (κ1) is 37.8. The Morgan fingerprint density at radius 2 is 1.87 bits per heavy atom. The van der Waals surface area contributed by atoms with Gasteiger partial charge < -0.3 is 24.1 Å². The number of hydrogen-bond donors (Lipinski definition) is 1. The van der Waals surface area contributed by atoms with Crippen LogP contribution < -0.4 is 15.0 Å². The molecule has 0 spiro atoms. The molecular weight excluding hydrogens is 658 g/mol. The van der Waals surface area contributed by atoms with Crippen LogP contribution in [-0.2, 0) is 25.5 Å². The highest BCUT2D eigenvalue weighted by molar-refractivity contribution is 5.97. The Bertz CT molecular complexity index is 1940. The van der Waals surface area contributed by atoms with E-state index in [-0.39, 0.29) is 12.5 Å². The molecule has 274 valence electrons. The lowest BCUT2D eigenvalue weighted by molar-refractivity contribution is -0.137. The van der Waals surface area contributed by atoms with Gasteiger partial charge in [-0.25, -0.2) is 14.6 Å². The summed E-state index contributed by atoms with van der Waals surface area (Å²) in [5, 5.41) is 3.88. The number of unbranched alkanes of at least 4 members (excludes halogenated alkanes) is 1. The van der Waals surface area contributed by atoms with Gasteiger partial charge in [0.1, 0.15) is 17.2 Å². The fourth-order valence-corrected chi connectivity index (χ4v) is 5.90. The molecule has 0 bridgehead atoms. The van der Waals surface area contributed by atoms with Crippen molar-refractivity contribution in [3.05, 3.63) is 89.5 Å². The van der Waals surface area contributed by atoms with Gasteiger partial charge in [0, 0.05) is 48.9 Å². The van der Waals surface area contributed by atoms with Crippen molar-refractivity contribution in [3.63, 3.8) is 0 Å². The minimum atomic E-state index is -0.604. The van der Waals surface area contributed by atoms with Crippen molar-refractivity contribution in [3.8, 4) is 5.75 Å². The zero-order chi connectivity index (χ0) is 37.1. The summed E-state index contributed by atoms with van der Waals surface area (Å²) in [6.07, 6.45) is 14.8. The second-order valence-corrected chi connectivity index (χ2v) is 13.6. The summed E-state index contributed by atoms with van der Waals surface area (Å²) in [6.45, 7) is 11.3. The van der Waals surface area contributed by atoms with Crippen molar-refractivity contribution in [1.29, 1.82) is 0 Å². The van der Waals surface area contributed by atoms with Gasteiger partial charge in [-0.15, -0.1) is 0 Å². The lowest BCUT2D eigenvalue weighted by Gasteiger charge is -2.30. The van der Waals surface area contributed by atoms with Gasteiger partial charge in [-0.3, -0.25) is 14.7 Å². The number of rotatable bonds is 14. The van der Waals surface area contributed by atoms with E-state index in [1.165, 1.54) is 6.08 Å². The van der Waals surface area contributed by atoms with Crippen LogP contribution in [0.5, 0.6) is 5.75 Å². The van der Waals surface area contributed by atoms with Crippen LogP contribution >= 0.6 is 0 Å². The molecule has 4 heterocycles. The van der Waals surface area contributed by atoms with E-state index >= 15 is 0 Å². The van der Waals surface area contributed by atoms with Crippen molar-refractivity contribution in [2.24, 2.45) is 0 Å². The molecule has 11 heteroatoms. The third-order valence-corrected chi connectivity index (χ3v) is 8.35. The van der Waals surface area contributed by atoms with Gasteiger partial charge in [-0.2, -0.15) is 0 Å². The third-order valence-electron chi connectivity index (χ3n) is 8.35. The quantitative estimate of drug-likeness (QED) is 0.0800. The Kier molecular flexibility index (Phi) is 12.8. The van der Waals surface area contributed by atoms with Gasteiger partial charge >= 0.3 is 12.1 Å². The van der Waals surface area contributed by atoms with Crippen molar-refractivity contribution in [2.45, 2.75) is 78.7 Å². The lowest BCUT2D eigenvalue weighted by atomic mass is 10.0. The predicted molar refractivity (Wildman–Crippen MR) is 204 cm³/mol. The number of aromatic nitrogens is 3. The van der Waals surface area contributed by atoms with Crippen molar-refractivity contribution >= 4 is 52.5 Å². The van der Waals surface area contributed by atoms with Crippen LogP contribution in [-0.4, -0.2) is 64.4 Å². The molecule has 11 nitrogen and oxygen atoms in total. The molecule has 0 radical (unpaired) electrons. The summed E-state index contributed by atoms with van der Waals surface area (Å²) < 4.78 is 18.9. The second kappa shape index (κ2) is 17.7. The number of nitrogens with one attached hydrogen (secondary N) is 1. The van der Waals surface area contributed by atoms with Crippen molar-refractivity contribution in [1.82, 2.24) is 19.9 Å². The highest BCUT2D eigenvalue weighted by Gasteiger charge is 2.28. The molecule has 3 aromatic heterocycles. The molecule has 0 fully saturated rings. The molecule has 0 saturated heterocycles. The molecule has 0 aliphatic carbocycles. The summed E-state index contributed by atoms with van der Waals surface area (Å²) in [6, 6.07) is 13.8. The van der Waals surface area contributed by atoms with Gasteiger partial charge in [0.15, 0.2) is 0 Å². The summed E-state index contributed by atoms with van der Waals surface area (Å²) in [5.41, 5.74) is 4.18.